The van der Waals surface area contributed by atoms with Gasteiger partial charge in [0.1, 0.15) is 5.52 Å². The van der Waals surface area contributed by atoms with Crippen LogP contribution in [0.1, 0.15) is 44.7 Å². The zero-order chi connectivity index (χ0) is 22.3. The number of rotatable bonds is 8. The number of hydrogen-bond donors (Lipinski definition) is 3. The fraction of sp³-hybridized carbons (Fsp3) is 0.545. The molecule has 32 heavy (non-hydrogen) atoms. The van der Waals surface area contributed by atoms with Gasteiger partial charge in [-0.25, -0.2) is 4.52 Å². The summed E-state index contributed by atoms with van der Waals surface area (Å²) in [5.41, 5.74) is 2.15. The van der Waals surface area contributed by atoms with Gasteiger partial charge in [0, 0.05) is 63.1 Å². The molecule has 1 saturated heterocycles. The first-order valence-corrected chi connectivity index (χ1v) is 11.5. The van der Waals surface area contributed by atoms with Gasteiger partial charge in [-0.1, -0.05) is 6.92 Å². The molecule has 0 aromatic carbocycles. The van der Waals surface area contributed by atoms with Crippen molar-refractivity contribution in [2.75, 3.05) is 49.5 Å². The lowest BCUT2D eigenvalue weighted by atomic mass is 10.3. The second kappa shape index (κ2) is 10.4. The van der Waals surface area contributed by atoms with E-state index < -0.39 is 0 Å². The van der Waals surface area contributed by atoms with Crippen LogP contribution in [-0.2, 0) is 4.79 Å². The fourth-order valence-corrected chi connectivity index (χ4v) is 3.73. The molecule has 172 valence electrons. The lowest BCUT2D eigenvalue weighted by molar-refractivity contribution is -0.118. The van der Waals surface area contributed by atoms with Crippen molar-refractivity contribution in [1.82, 2.24) is 35.0 Å². The highest BCUT2D eigenvalue weighted by Gasteiger charge is 2.25. The number of amides is 1. The molecule has 2 fully saturated rings. The molecule has 10 nitrogen and oxygen atoms in total. The second-order valence-electron chi connectivity index (χ2n) is 8.18. The van der Waals surface area contributed by atoms with Crippen molar-refractivity contribution in [3.8, 4) is 0 Å². The Morgan fingerprint density at radius 3 is 2.75 bits per heavy atom. The second-order valence-corrected chi connectivity index (χ2v) is 8.18. The maximum atomic E-state index is 10.1. The molecular formula is C22H33N9O. The third-order valence-corrected chi connectivity index (χ3v) is 5.70. The molecule has 3 N–H and O–H groups in total. The number of aromatic nitrogens is 5. The summed E-state index contributed by atoms with van der Waals surface area (Å²) in [6, 6.07) is 6.08. The molecule has 1 aliphatic carbocycles. The van der Waals surface area contributed by atoms with Crippen molar-refractivity contribution in [3.05, 3.63) is 30.1 Å². The lowest BCUT2D eigenvalue weighted by Crippen LogP contribution is -2.42. The van der Waals surface area contributed by atoms with E-state index >= 15 is 0 Å². The number of anilines is 3. The van der Waals surface area contributed by atoms with E-state index in [1.807, 2.05) is 22.8 Å². The highest BCUT2D eigenvalue weighted by Crippen LogP contribution is 2.39. The van der Waals surface area contributed by atoms with E-state index in [1.165, 1.54) is 18.5 Å². The van der Waals surface area contributed by atoms with E-state index in [0.29, 0.717) is 5.92 Å². The third kappa shape index (κ3) is 5.37. The van der Waals surface area contributed by atoms with E-state index in [0.717, 1.165) is 75.2 Å². The summed E-state index contributed by atoms with van der Waals surface area (Å²) in [6.45, 7) is 9.73. The van der Waals surface area contributed by atoms with Crippen LogP contribution in [0.5, 0.6) is 0 Å². The van der Waals surface area contributed by atoms with Crippen LogP contribution in [0, 0.1) is 0 Å². The van der Waals surface area contributed by atoms with Crippen LogP contribution in [0.25, 0.3) is 5.52 Å². The third-order valence-electron chi connectivity index (χ3n) is 5.70. The molecule has 0 atom stereocenters. The maximum absolute atomic E-state index is 10.1. The van der Waals surface area contributed by atoms with Gasteiger partial charge in [0.2, 0.25) is 12.4 Å². The van der Waals surface area contributed by atoms with Crippen molar-refractivity contribution in [2.45, 2.75) is 39.0 Å². The Hall–Kier alpha value is -3.14. The first-order chi connectivity index (χ1) is 15.7. The molecule has 1 amide bonds. The standard InChI is InChI=1S/C17H23N7.C5H10N2O/c1-3-9-23(4-2)17-19-16(14-6-5-10-24(14)22-17)18-15-11-13(20-21-15)12-7-8-12;8-5-7-3-1-6-2-4-7/h5-6,10-12H,3-4,7-9H2,1-2H3,(H2,18,19,20,21,22);5-6H,1-4H2. The van der Waals surface area contributed by atoms with Gasteiger partial charge >= 0.3 is 0 Å². The molecule has 0 bridgehead atoms. The van der Waals surface area contributed by atoms with Crippen molar-refractivity contribution < 1.29 is 4.79 Å². The Labute approximate surface area is 188 Å². The highest BCUT2D eigenvalue weighted by atomic mass is 16.1. The number of nitrogens with one attached hydrogen (secondary N) is 3. The maximum Gasteiger partial charge on any atom is 0.245 e. The van der Waals surface area contributed by atoms with Gasteiger partial charge in [-0.05, 0) is 38.3 Å². The SMILES string of the molecule is CCCN(CC)c1nc(Nc2cc(C3CC3)[nH]n2)c2cccn2n1.O=CN1CCNCC1. The number of nitrogens with zero attached hydrogens (tertiary/aromatic N) is 6. The average molecular weight is 440 g/mol. The minimum Gasteiger partial charge on any atom is -0.343 e. The van der Waals surface area contributed by atoms with Gasteiger partial charge in [0.25, 0.3) is 0 Å². The fourth-order valence-electron chi connectivity index (χ4n) is 3.73. The molecule has 0 spiro atoms. The molecule has 0 unspecified atom stereocenters. The minimum atomic E-state index is 0.655. The predicted molar refractivity (Wildman–Crippen MR) is 126 cm³/mol. The van der Waals surface area contributed by atoms with Crippen LogP contribution in [0.2, 0.25) is 0 Å². The van der Waals surface area contributed by atoms with Crippen LogP contribution in [-0.4, -0.2) is 75.4 Å². The van der Waals surface area contributed by atoms with Crippen LogP contribution in [0.3, 0.4) is 0 Å². The number of fused-ring (bicyclic) bond motifs is 1. The monoisotopic (exact) mass is 439 g/mol. The van der Waals surface area contributed by atoms with Crippen LogP contribution < -0.4 is 15.5 Å². The van der Waals surface area contributed by atoms with Gasteiger partial charge in [0.05, 0.1) is 0 Å². The Morgan fingerprint density at radius 1 is 1.28 bits per heavy atom. The largest absolute Gasteiger partial charge is 0.343 e. The minimum absolute atomic E-state index is 0.655. The zero-order valence-electron chi connectivity index (χ0n) is 18.9. The number of carbonyl (C=O) groups excluding carboxylic acids is 1. The van der Waals surface area contributed by atoms with Gasteiger partial charge < -0.3 is 20.4 Å². The van der Waals surface area contributed by atoms with E-state index in [2.05, 4.69) is 50.7 Å². The number of piperazine rings is 1. The smallest absolute Gasteiger partial charge is 0.245 e. The molecule has 10 heteroatoms. The topological polar surface area (TPSA) is 106 Å². The molecule has 4 heterocycles. The van der Waals surface area contributed by atoms with Crippen LogP contribution in [0.15, 0.2) is 24.4 Å². The first kappa shape index (κ1) is 22.1. The summed E-state index contributed by atoms with van der Waals surface area (Å²) in [5, 5.41) is 18.6. The number of carbonyl (C=O) groups is 1. The molecule has 3 aromatic heterocycles. The lowest BCUT2D eigenvalue weighted by Gasteiger charge is -2.22. The Bertz CT molecular complexity index is 1000. The molecule has 2 aliphatic rings. The number of H-pyrrole nitrogens is 1. The summed E-state index contributed by atoms with van der Waals surface area (Å²) in [6.07, 6.45) is 6.43. The zero-order valence-corrected chi connectivity index (χ0v) is 18.9. The Kier molecular flexibility index (Phi) is 7.21. The molecule has 0 radical (unpaired) electrons. The quantitative estimate of drug-likeness (QED) is 0.463. The summed E-state index contributed by atoms with van der Waals surface area (Å²) >= 11 is 0. The molecule has 3 aromatic rings. The summed E-state index contributed by atoms with van der Waals surface area (Å²) in [4.78, 5) is 18.8. The van der Waals surface area contributed by atoms with E-state index in [1.54, 1.807) is 4.90 Å². The Balaban J connectivity index is 0.000000260. The Morgan fingerprint density at radius 2 is 2.09 bits per heavy atom. The molecular weight excluding hydrogens is 406 g/mol. The van der Waals surface area contributed by atoms with E-state index in [-0.39, 0.29) is 0 Å². The first-order valence-electron chi connectivity index (χ1n) is 11.5. The number of hydrogen-bond acceptors (Lipinski definition) is 7. The average Bonchev–Trinajstić information content (AvgIpc) is 3.38. The van der Waals surface area contributed by atoms with Crippen molar-refractivity contribution in [1.29, 1.82) is 0 Å². The van der Waals surface area contributed by atoms with Crippen LogP contribution >= 0.6 is 0 Å². The summed E-state index contributed by atoms with van der Waals surface area (Å²) < 4.78 is 1.87. The van der Waals surface area contributed by atoms with Gasteiger partial charge in [-0.3, -0.25) is 9.89 Å². The van der Waals surface area contributed by atoms with Crippen molar-refractivity contribution >= 4 is 29.5 Å². The van der Waals surface area contributed by atoms with E-state index in [9.17, 15) is 4.79 Å². The van der Waals surface area contributed by atoms with Crippen LogP contribution in [0.4, 0.5) is 17.6 Å². The van der Waals surface area contributed by atoms with E-state index in [4.69, 9.17) is 4.98 Å². The van der Waals surface area contributed by atoms with Crippen molar-refractivity contribution in [3.63, 3.8) is 0 Å². The summed E-state index contributed by atoms with van der Waals surface area (Å²) in [7, 11) is 0. The predicted octanol–water partition coefficient (Wildman–Crippen LogP) is 2.36. The molecule has 1 saturated carbocycles. The van der Waals surface area contributed by atoms with Gasteiger partial charge in [-0.2, -0.15) is 10.1 Å². The highest BCUT2D eigenvalue weighted by molar-refractivity contribution is 5.73. The summed E-state index contributed by atoms with van der Waals surface area (Å²) in [5.74, 6) is 2.99. The van der Waals surface area contributed by atoms with Gasteiger partial charge in [-0.15, -0.1) is 5.10 Å². The molecule has 5 rings (SSSR count). The normalized spacial score (nSPS) is 15.9. The van der Waals surface area contributed by atoms with Gasteiger partial charge in [0.15, 0.2) is 11.6 Å². The number of aromatic amines is 1. The molecule has 1 aliphatic heterocycles. The van der Waals surface area contributed by atoms with Crippen molar-refractivity contribution in [2.24, 2.45) is 0 Å².